The van der Waals surface area contributed by atoms with Gasteiger partial charge >= 0.3 is 0 Å². The van der Waals surface area contributed by atoms with E-state index >= 15 is 0 Å². The third-order valence-corrected chi connectivity index (χ3v) is 5.47. The lowest BCUT2D eigenvalue weighted by atomic mass is 10.1. The van der Waals surface area contributed by atoms with E-state index in [0.29, 0.717) is 18.3 Å². The smallest absolute Gasteiger partial charge is 0.233 e. The summed E-state index contributed by atoms with van der Waals surface area (Å²) >= 11 is 1.43. The van der Waals surface area contributed by atoms with Crippen molar-refractivity contribution in [1.82, 2.24) is 25.1 Å². The highest BCUT2D eigenvalue weighted by Gasteiger charge is 2.22. The minimum absolute atomic E-state index is 0.0872. The first kappa shape index (κ1) is 17.0. The second kappa shape index (κ2) is 7.79. The summed E-state index contributed by atoms with van der Waals surface area (Å²) in [4.78, 5) is 14.2. The number of benzene rings is 1. The van der Waals surface area contributed by atoms with E-state index in [4.69, 9.17) is 0 Å². The maximum atomic E-state index is 12.4. The fraction of sp³-hybridized carbons (Fsp3) is 0.529. The van der Waals surface area contributed by atoms with E-state index in [2.05, 4.69) is 34.6 Å². The molecule has 0 spiro atoms. The molecule has 7 heteroatoms. The monoisotopic (exact) mass is 345 g/mol. The van der Waals surface area contributed by atoms with Gasteiger partial charge in [0.2, 0.25) is 11.1 Å². The normalized spacial score (nSPS) is 14.9. The van der Waals surface area contributed by atoms with Gasteiger partial charge in [-0.05, 0) is 41.3 Å². The lowest BCUT2D eigenvalue weighted by molar-refractivity contribution is -0.127. The quantitative estimate of drug-likeness (QED) is 0.753. The van der Waals surface area contributed by atoms with E-state index < -0.39 is 0 Å². The number of carbonyl (C=O) groups excluding carboxylic acids is 1. The van der Waals surface area contributed by atoms with Crippen LogP contribution >= 0.6 is 11.8 Å². The molecule has 1 aliphatic carbocycles. The van der Waals surface area contributed by atoms with Crippen LogP contribution in [0.4, 0.5) is 0 Å². The van der Waals surface area contributed by atoms with Crippen molar-refractivity contribution < 1.29 is 4.79 Å². The van der Waals surface area contributed by atoms with E-state index in [-0.39, 0.29) is 5.91 Å². The topological polar surface area (TPSA) is 63.9 Å². The Labute approximate surface area is 146 Å². The summed E-state index contributed by atoms with van der Waals surface area (Å²) in [5.74, 6) is 0.444. The highest BCUT2D eigenvalue weighted by Crippen LogP contribution is 2.31. The van der Waals surface area contributed by atoms with Gasteiger partial charge in [0.05, 0.1) is 11.8 Å². The predicted molar refractivity (Wildman–Crippen MR) is 93.7 cm³/mol. The van der Waals surface area contributed by atoms with Crippen LogP contribution in [0.2, 0.25) is 0 Å². The zero-order valence-electron chi connectivity index (χ0n) is 14.2. The van der Waals surface area contributed by atoms with Crippen molar-refractivity contribution in [3.05, 3.63) is 35.4 Å². The van der Waals surface area contributed by atoms with Gasteiger partial charge in [-0.3, -0.25) is 4.79 Å². The second-order valence-electron chi connectivity index (χ2n) is 6.31. The number of hydrogen-bond donors (Lipinski definition) is 0. The Morgan fingerprint density at radius 2 is 2.08 bits per heavy atom. The van der Waals surface area contributed by atoms with Gasteiger partial charge in [0.1, 0.15) is 0 Å². The van der Waals surface area contributed by atoms with E-state index in [1.54, 1.807) is 4.90 Å². The number of amides is 1. The van der Waals surface area contributed by atoms with Gasteiger partial charge in [0, 0.05) is 13.6 Å². The molecule has 1 amide bonds. The average Bonchev–Trinajstić information content (AvgIpc) is 3.25. The number of aryl methyl sites for hydroxylation is 1. The molecule has 0 saturated heterocycles. The third kappa shape index (κ3) is 3.95. The fourth-order valence-electron chi connectivity index (χ4n) is 3.03. The van der Waals surface area contributed by atoms with Crippen molar-refractivity contribution >= 4 is 17.7 Å². The van der Waals surface area contributed by atoms with E-state index in [9.17, 15) is 4.79 Å². The highest BCUT2D eigenvalue weighted by molar-refractivity contribution is 7.99. The maximum absolute atomic E-state index is 12.4. The summed E-state index contributed by atoms with van der Waals surface area (Å²) in [7, 11) is 1.84. The Morgan fingerprint density at radius 3 is 2.83 bits per heavy atom. The summed E-state index contributed by atoms with van der Waals surface area (Å²) in [5, 5.41) is 12.7. The molecular formula is C17H23N5OS. The summed E-state index contributed by atoms with van der Waals surface area (Å²) < 4.78 is 1.90. The number of thioether (sulfide) groups is 1. The number of aromatic nitrogens is 4. The van der Waals surface area contributed by atoms with Crippen LogP contribution in [0.5, 0.6) is 0 Å². The summed E-state index contributed by atoms with van der Waals surface area (Å²) in [5.41, 5.74) is 2.38. The maximum Gasteiger partial charge on any atom is 0.233 e. The van der Waals surface area contributed by atoms with Crippen molar-refractivity contribution in [1.29, 1.82) is 0 Å². The largest absolute Gasteiger partial charge is 0.341 e. The molecule has 2 aromatic rings. The lowest BCUT2D eigenvalue weighted by Crippen LogP contribution is -2.28. The molecule has 0 bridgehead atoms. The van der Waals surface area contributed by atoms with Gasteiger partial charge < -0.3 is 4.90 Å². The van der Waals surface area contributed by atoms with E-state index in [0.717, 1.165) is 18.0 Å². The van der Waals surface area contributed by atoms with Crippen LogP contribution in [0.15, 0.2) is 29.4 Å². The van der Waals surface area contributed by atoms with Crippen molar-refractivity contribution in [2.24, 2.45) is 0 Å². The molecule has 1 aliphatic rings. The molecule has 0 atom stereocenters. The van der Waals surface area contributed by atoms with Gasteiger partial charge in [-0.25, -0.2) is 4.68 Å². The second-order valence-corrected chi connectivity index (χ2v) is 7.25. The molecule has 1 heterocycles. The zero-order chi connectivity index (χ0) is 16.9. The van der Waals surface area contributed by atoms with Crippen molar-refractivity contribution in [3.63, 3.8) is 0 Å². The van der Waals surface area contributed by atoms with Gasteiger partial charge in [0.15, 0.2) is 0 Å². The molecule has 0 unspecified atom stereocenters. The molecule has 1 aromatic heterocycles. The molecule has 3 rings (SSSR count). The molecule has 0 radical (unpaired) electrons. The van der Waals surface area contributed by atoms with Crippen molar-refractivity contribution in [2.75, 3.05) is 12.8 Å². The Kier molecular flexibility index (Phi) is 5.50. The highest BCUT2D eigenvalue weighted by atomic mass is 32.2. The van der Waals surface area contributed by atoms with Gasteiger partial charge in [0.25, 0.3) is 0 Å². The summed E-state index contributed by atoms with van der Waals surface area (Å²) in [6, 6.07) is 8.54. The van der Waals surface area contributed by atoms with Crippen LogP contribution in [0, 0.1) is 6.92 Å². The molecule has 1 aromatic carbocycles. The van der Waals surface area contributed by atoms with Crippen LogP contribution in [0.3, 0.4) is 0 Å². The van der Waals surface area contributed by atoms with Crippen molar-refractivity contribution in [3.8, 4) is 0 Å². The summed E-state index contributed by atoms with van der Waals surface area (Å²) in [6.45, 7) is 2.69. The van der Waals surface area contributed by atoms with Crippen LogP contribution in [-0.4, -0.2) is 43.8 Å². The van der Waals surface area contributed by atoms with E-state index in [1.165, 1.54) is 35.7 Å². The Balaban J connectivity index is 1.56. The number of hydrogen-bond acceptors (Lipinski definition) is 5. The third-order valence-electron chi connectivity index (χ3n) is 4.55. The molecular weight excluding hydrogens is 322 g/mol. The Bertz CT molecular complexity index is 696. The molecule has 6 nitrogen and oxygen atoms in total. The molecule has 1 fully saturated rings. The minimum atomic E-state index is 0.0872. The number of nitrogens with zero attached hydrogens (tertiary/aromatic N) is 5. The first-order valence-corrected chi connectivity index (χ1v) is 9.33. The van der Waals surface area contributed by atoms with Gasteiger partial charge in [-0.15, -0.1) is 5.10 Å². The predicted octanol–water partition coefficient (Wildman–Crippen LogP) is 2.85. The molecule has 24 heavy (non-hydrogen) atoms. The SMILES string of the molecule is Cc1ccccc1CN(C)C(=O)CSc1nnnn1C1CCCC1. The van der Waals surface area contributed by atoms with Gasteiger partial charge in [-0.2, -0.15) is 0 Å². The number of tetrazole rings is 1. The molecule has 0 aliphatic heterocycles. The lowest BCUT2D eigenvalue weighted by Gasteiger charge is -2.18. The molecule has 1 saturated carbocycles. The Hall–Kier alpha value is -1.89. The first-order chi connectivity index (χ1) is 11.6. The molecule has 128 valence electrons. The van der Waals surface area contributed by atoms with Gasteiger partial charge in [-0.1, -0.05) is 48.9 Å². The van der Waals surface area contributed by atoms with Crippen LogP contribution < -0.4 is 0 Å². The standard InChI is InChI=1S/C17H23N5OS/c1-13-7-3-4-8-14(13)11-21(2)16(23)12-24-17-18-19-20-22(17)15-9-5-6-10-15/h3-4,7-8,15H,5-6,9-12H2,1-2H3. The zero-order valence-corrected chi connectivity index (χ0v) is 15.0. The van der Waals surface area contributed by atoms with Crippen LogP contribution in [0.25, 0.3) is 0 Å². The minimum Gasteiger partial charge on any atom is -0.341 e. The van der Waals surface area contributed by atoms with E-state index in [1.807, 2.05) is 23.9 Å². The molecule has 0 N–H and O–H groups in total. The fourth-order valence-corrected chi connectivity index (χ4v) is 3.91. The average molecular weight is 345 g/mol. The number of rotatable bonds is 6. The van der Waals surface area contributed by atoms with Crippen LogP contribution in [-0.2, 0) is 11.3 Å². The van der Waals surface area contributed by atoms with Crippen molar-refractivity contribution in [2.45, 2.75) is 50.4 Å². The Morgan fingerprint density at radius 1 is 1.33 bits per heavy atom. The van der Waals surface area contributed by atoms with Crippen LogP contribution in [0.1, 0.15) is 42.9 Å². The summed E-state index contributed by atoms with van der Waals surface area (Å²) in [6.07, 6.45) is 4.71. The number of carbonyl (C=O) groups is 1. The first-order valence-electron chi connectivity index (χ1n) is 8.34.